The standard InChI is InChI=1S/C18H18N6O3/c1-11(13-6-7-16-17(8-13)27-10-26-16)19-18(25)20-14-4-3-5-15(9-14)24-12(2)21-22-23-24/h3-9,11H,10H2,1-2H3,(H2,19,20,25)/t11-/m1/s1. The molecule has 1 aromatic heterocycles. The molecule has 2 heterocycles. The molecule has 2 aromatic carbocycles. The molecule has 1 atom stereocenters. The van der Waals surface area contributed by atoms with Gasteiger partial charge in [0.05, 0.1) is 11.7 Å². The zero-order valence-corrected chi connectivity index (χ0v) is 14.8. The SMILES string of the molecule is Cc1nnnn1-c1cccc(NC(=O)N[C@H](C)c2ccc3c(c2)OCO3)c1. The number of nitrogens with one attached hydrogen (secondary N) is 2. The average molecular weight is 366 g/mol. The van der Waals surface area contributed by atoms with Crippen LogP contribution in [0, 0.1) is 6.92 Å². The van der Waals surface area contributed by atoms with Crippen LogP contribution in [-0.2, 0) is 0 Å². The lowest BCUT2D eigenvalue weighted by atomic mass is 10.1. The highest BCUT2D eigenvalue weighted by molar-refractivity contribution is 5.89. The Morgan fingerprint density at radius 2 is 2.04 bits per heavy atom. The van der Waals surface area contributed by atoms with Gasteiger partial charge in [0.1, 0.15) is 0 Å². The van der Waals surface area contributed by atoms with Crippen LogP contribution in [0.2, 0.25) is 0 Å². The van der Waals surface area contributed by atoms with Crippen molar-refractivity contribution in [3.63, 3.8) is 0 Å². The van der Waals surface area contributed by atoms with Crippen molar-refractivity contribution in [1.82, 2.24) is 25.5 Å². The second-order valence-electron chi connectivity index (χ2n) is 6.12. The lowest BCUT2D eigenvalue weighted by Crippen LogP contribution is -2.31. The number of benzene rings is 2. The van der Waals surface area contributed by atoms with E-state index >= 15 is 0 Å². The molecule has 4 rings (SSSR count). The lowest BCUT2D eigenvalue weighted by molar-refractivity contribution is 0.174. The lowest BCUT2D eigenvalue weighted by Gasteiger charge is -2.16. The zero-order valence-electron chi connectivity index (χ0n) is 14.8. The fourth-order valence-electron chi connectivity index (χ4n) is 2.82. The number of hydrogen-bond donors (Lipinski definition) is 2. The molecule has 0 fully saturated rings. The molecular weight excluding hydrogens is 348 g/mol. The van der Waals surface area contributed by atoms with Crippen LogP contribution in [0.3, 0.4) is 0 Å². The number of anilines is 1. The maximum Gasteiger partial charge on any atom is 0.319 e. The van der Waals surface area contributed by atoms with E-state index in [1.165, 1.54) is 0 Å². The molecule has 0 unspecified atom stereocenters. The molecule has 3 aromatic rings. The van der Waals surface area contributed by atoms with Gasteiger partial charge in [0.15, 0.2) is 17.3 Å². The Bertz CT molecular complexity index is 987. The van der Waals surface area contributed by atoms with Crippen molar-refractivity contribution < 1.29 is 14.3 Å². The molecule has 138 valence electrons. The summed E-state index contributed by atoms with van der Waals surface area (Å²) in [6.07, 6.45) is 0. The van der Waals surface area contributed by atoms with Gasteiger partial charge in [-0.25, -0.2) is 4.79 Å². The number of tetrazole rings is 1. The Kier molecular flexibility index (Phi) is 4.33. The highest BCUT2D eigenvalue weighted by Crippen LogP contribution is 2.34. The predicted octanol–water partition coefficient (Wildman–Crippen LogP) is 2.58. The van der Waals surface area contributed by atoms with Gasteiger partial charge in [0.25, 0.3) is 0 Å². The number of amides is 2. The first kappa shape index (κ1) is 16.8. The predicted molar refractivity (Wildman–Crippen MR) is 97.0 cm³/mol. The number of aromatic nitrogens is 4. The average Bonchev–Trinajstić information content (AvgIpc) is 3.29. The summed E-state index contributed by atoms with van der Waals surface area (Å²) in [5.41, 5.74) is 2.32. The van der Waals surface area contributed by atoms with Crippen LogP contribution in [0.15, 0.2) is 42.5 Å². The summed E-state index contributed by atoms with van der Waals surface area (Å²) in [4.78, 5) is 12.4. The van der Waals surface area contributed by atoms with Crippen molar-refractivity contribution in [3.8, 4) is 17.2 Å². The van der Waals surface area contributed by atoms with Crippen molar-refractivity contribution >= 4 is 11.7 Å². The summed E-state index contributed by atoms with van der Waals surface area (Å²) in [6.45, 7) is 3.93. The Morgan fingerprint density at radius 3 is 2.85 bits per heavy atom. The van der Waals surface area contributed by atoms with Crippen LogP contribution in [-0.4, -0.2) is 33.0 Å². The van der Waals surface area contributed by atoms with Gasteiger partial charge in [-0.3, -0.25) is 0 Å². The number of aryl methyl sites for hydroxylation is 1. The Morgan fingerprint density at radius 1 is 1.19 bits per heavy atom. The summed E-state index contributed by atoms with van der Waals surface area (Å²) in [5.74, 6) is 2.06. The van der Waals surface area contributed by atoms with Gasteiger partial charge >= 0.3 is 6.03 Å². The third-order valence-corrected chi connectivity index (χ3v) is 4.22. The summed E-state index contributed by atoms with van der Waals surface area (Å²) in [6, 6.07) is 12.4. The normalized spacial score (nSPS) is 13.3. The van der Waals surface area contributed by atoms with E-state index in [1.807, 2.05) is 37.3 Å². The minimum atomic E-state index is -0.314. The molecular formula is C18H18N6O3. The van der Waals surface area contributed by atoms with Gasteiger partial charge in [0, 0.05) is 5.69 Å². The fraction of sp³-hybridized carbons (Fsp3) is 0.222. The van der Waals surface area contributed by atoms with Crippen LogP contribution in [0.4, 0.5) is 10.5 Å². The van der Waals surface area contributed by atoms with E-state index < -0.39 is 0 Å². The van der Waals surface area contributed by atoms with Crippen LogP contribution in [0.25, 0.3) is 5.69 Å². The highest BCUT2D eigenvalue weighted by Gasteiger charge is 2.17. The third kappa shape index (κ3) is 3.52. The van der Waals surface area contributed by atoms with E-state index in [1.54, 1.807) is 23.7 Å². The minimum absolute atomic E-state index is 0.204. The van der Waals surface area contributed by atoms with E-state index in [4.69, 9.17) is 9.47 Å². The smallest absolute Gasteiger partial charge is 0.319 e. The van der Waals surface area contributed by atoms with Crippen molar-refractivity contribution in [1.29, 1.82) is 0 Å². The monoisotopic (exact) mass is 366 g/mol. The van der Waals surface area contributed by atoms with Gasteiger partial charge in [-0.2, -0.15) is 4.68 Å². The van der Waals surface area contributed by atoms with E-state index in [0.717, 1.165) is 11.3 Å². The first-order chi connectivity index (χ1) is 13.1. The van der Waals surface area contributed by atoms with Gasteiger partial charge in [-0.05, 0) is 60.2 Å². The first-order valence-electron chi connectivity index (χ1n) is 8.42. The maximum absolute atomic E-state index is 12.4. The largest absolute Gasteiger partial charge is 0.454 e. The van der Waals surface area contributed by atoms with Gasteiger partial charge in [-0.1, -0.05) is 12.1 Å². The third-order valence-electron chi connectivity index (χ3n) is 4.22. The van der Waals surface area contributed by atoms with E-state index in [2.05, 4.69) is 26.2 Å². The molecule has 0 spiro atoms. The Labute approximate surface area is 155 Å². The van der Waals surface area contributed by atoms with Crippen LogP contribution >= 0.6 is 0 Å². The molecule has 0 bridgehead atoms. The molecule has 27 heavy (non-hydrogen) atoms. The molecule has 0 saturated carbocycles. The molecule has 0 aliphatic carbocycles. The minimum Gasteiger partial charge on any atom is -0.454 e. The molecule has 0 radical (unpaired) electrons. The molecule has 9 nitrogen and oxygen atoms in total. The zero-order chi connectivity index (χ0) is 18.8. The van der Waals surface area contributed by atoms with Crippen molar-refractivity contribution in [2.24, 2.45) is 0 Å². The summed E-state index contributed by atoms with van der Waals surface area (Å²) >= 11 is 0. The van der Waals surface area contributed by atoms with E-state index in [9.17, 15) is 4.79 Å². The number of rotatable bonds is 4. The van der Waals surface area contributed by atoms with Crippen molar-refractivity contribution in [2.75, 3.05) is 12.1 Å². The number of hydrogen-bond acceptors (Lipinski definition) is 6. The van der Waals surface area contributed by atoms with Gasteiger partial charge in [-0.15, -0.1) is 5.10 Å². The number of carbonyl (C=O) groups is 1. The second-order valence-corrected chi connectivity index (χ2v) is 6.12. The Balaban J connectivity index is 1.43. The maximum atomic E-state index is 12.4. The fourth-order valence-corrected chi connectivity index (χ4v) is 2.82. The van der Waals surface area contributed by atoms with Gasteiger partial charge < -0.3 is 20.1 Å². The highest BCUT2D eigenvalue weighted by atomic mass is 16.7. The molecule has 9 heteroatoms. The summed E-state index contributed by atoms with van der Waals surface area (Å²) in [7, 11) is 0. The molecule has 2 N–H and O–H groups in total. The van der Waals surface area contributed by atoms with Gasteiger partial charge in [0.2, 0.25) is 6.79 Å². The molecule has 1 aliphatic rings. The summed E-state index contributed by atoms with van der Waals surface area (Å²) in [5, 5.41) is 17.2. The molecule has 1 aliphatic heterocycles. The number of carbonyl (C=O) groups excluding carboxylic acids is 1. The van der Waals surface area contributed by atoms with E-state index in [-0.39, 0.29) is 18.9 Å². The number of fused-ring (bicyclic) bond motifs is 1. The number of ether oxygens (including phenoxy) is 2. The number of urea groups is 1. The molecule has 2 amide bonds. The molecule has 0 saturated heterocycles. The van der Waals surface area contributed by atoms with Crippen LogP contribution in [0.5, 0.6) is 11.5 Å². The van der Waals surface area contributed by atoms with E-state index in [0.29, 0.717) is 23.0 Å². The summed E-state index contributed by atoms with van der Waals surface area (Å²) < 4.78 is 12.3. The number of nitrogens with zero attached hydrogens (tertiary/aromatic N) is 4. The van der Waals surface area contributed by atoms with Crippen molar-refractivity contribution in [3.05, 3.63) is 53.9 Å². The van der Waals surface area contributed by atoms with Crippen LogP contribution in [0.1, 0.15) is 24.4 Å². The quantitative estimate of drug-likeness (QED) is 0.736. The second kappa shape index (κ2) is 6.94. The topological polar surface area (TPSA) is 103 Å². The Hall–Kier alpha value is -3.62. The van der Waals surface area contributed by atoms with Crippen molar-refractivity contribution in [2.45, 2.75) is 19.9 Å². The first-order valence-corrected chi connectivity index (χ1v) is 8.42. The van der Waals surface area contributed by atoms with Crippen LogP contribution < -0.4 is 20.1 Å².